The van der Waals surface area contributed by atoms with E-state index in [0.717, 1.165) is 23.1 Å². The number of nitrogens with zero attached hydrogens (tertiary/aromatic N) is 1. The Balaban J connectivity index is 1.45. The normalized spacial score (nSPS) is 13.6. The van der Waals surface area contributed by atoms with Crippen molar-refractivity contribution in [2.24, 2.45) is 5.92 Å². The minimum Gasteiger partial charge on any atom is -0.326 e. The predicted octanol–water partition coefficient (Wildman–Crippen LogP) is 4.55. The first-order chi connectivity index (χ1) is 12.1. The first kappa shape index (κ1) is 16.1. The number of rotatable bonds is 4. The number of aromatic nitrogens is 1. The van der Waals surface area contributed by atoms with E-state index in [1.165, 1.54) is 11.3 Å². The third-order valence-corrected chi connectivity index (χ3v) is 5.10. The summed E-state index contributed by atoms with van der Waals surface area (Å²) in [7, 11) is 0. The van der Waals surface area contributed by atoms with Crippen LogP contribution in [0, 0.1) is 5.92 Å². The Hall–Kier alpha value is -2.44. The molecule has 0 unspecified atom stereocenters. The Bertz CT molecular complexity index is 964. The van der Waals surface area contributed by atoms with Gasteiger partial charge in [0.2, 0.25) is 5.91 Å². The summed E-state index contributed by atoms with van der Waals surface area (Å²) in [5, 5.41) is 6.80. The highest BCUT2D eigenvalue weighted by Gasteiger charge is 2.29. The van der Waals surface area contributed by atoms with Crippen LogP contribution in [-0.4, -0.2) is 16.8 Å². The molecule has 2 amide bonds. The van der Waals surface area contributed by atoms with Gasteiger partial charge in [0, 0.05) is 22.2 Å². The monoisotopic (exact) mass is 371 g/mol. The van der Waals surface area contributed by atoms with Crippen LogP contribution >= 0.6 is 22.9 Å². The molecule has 0 radical (unpaired) electrons. The number of carbonyl (C=O) groups is 2. The van der Waals surface area contributed by atoms with E-state index in [-0.39, 0.29) is 17.7 Å². The quantitative estimate of drug-likeness (QED) is 0.706. The molecular weight excluding hydrogens is 358 g/mol. The number of benzene rings is 2. The lowest BCUT2D eigenvalue weighted by atomic mass is 10.2. The highest BCUT2D eigenvalue weighted by atomic mass is 35.5. The molecular formula is C18H14ClN3O2S. The smallest absolute Gasteiger partial charge is 0.257 e. The van der Waals surface area contributed by atoms with Crippen molar-refractivity contribution >= 4 is 55.8 Å². The fourth-order valence-electron chi connectivity index (χ4n) is 2.42. The molecule has 1 aromatic heterocycles. The Morgan fingerprint density at radius 2 is 1.84 bits per heavy atom. The number of carbonyl (C=O) groups excluding carboxylic acids is 2. The van der Waals surface area contributed by atoms with Crippen LogP contribution in [0.25, 0.3) is 10.2 Å². The molecule has 3 aromatic rings. The number of hydrogen-bond donors (Lipinski definition) is 2. The SMILES string of the molecule is O=C(Nc1nc2ccc(Cl)cc2s1)c1ccc(NC(=O)C2CC2)cc1. The van der Waals surface area contributed by atoms with Crippen molar-refractivity contribution in [1.82, 2.24) is 4.98 Å². The molecule has 2 N–H and O–H groups in total. The maximum Gasteiger partial charge on any atom is 0.257 e. The number of thiazole rings is 1. The van der Waals surface area contributed by atoms with Gasteiger partial charge in [0.15, 0.2) is 5.13 Å². The molecule has 25 heavy (non-hydrogen) atoms. The van der Waals surface area contributed by atoms with Gasteiger partial charge in [0.05, 0.1) is 10.2 Å². The largest absolute Gasteiger partial charge is 0.326 e. The Morgan fingerprint density at radius 3 is 2.56 bits per heavy atom. The molecule has 126 valence electrons. The predicted molar refractivity (Wildman–Crippen MR) is 100 cm³/mol. The van der Waals surface area contributed by atoms with E-state index in [9.17, 15) is 9.59 Å². The van der Waals surface area contributed by atoms with E-state index in [4.69, 9.17) is 11.6 Å². The van der Waals surface area contributed by atoms with E-state index < -0.39 is 0 Å². The summed E-state index contributed by atoms with van der Waals surface area (Å²) in [6, 6.07) is 12.2. The highest BCUT2D eigenvalue weighted by Crippen LogP contribution is 2.30. The lowest BCUT2D eigenvalue weighted by Crippen LogP contribution is -2.14. The highest BCUT2D eigenvalue weighted by molar-refractivity contribution is 7.22. The van der Waals surface area contributed by atoms with Crippen LogP contribution in [-0.2, 0) is 4.79 Å². The molecule has 1 saturated carbocycles. The van der Waals surface area contributed by atoms with Gasteiger partial charge < -0.3 is 5.32 Å². The van der Waals surface area contributed by atoms with Crippen molar-refractivity contribution in [1.29, 1.82) is 0 Å². The van der Waals surface area contributed by atoms with Gasteiger partial charge >= 0.3 is 0 Å². The van der Waals surface area contributed by atoms with Crippen LogP contribution in [0.1, 0.15) is 23.2 Å². The van der Waals surface area contributed by atoms with Crippen LogP contribution in [0.2, 0.25) is 5.02 Å². The van der Waals surface area contributed by atoms with Crippen LogP contribution in [0.15, 0.2) is 42.5 Å². The second-order valence-electron chi connectivity index (χ2n) is 5.93. The summed E-state index contributed by atoms with van der Waals surface area (Å²) in [5.41, 5.74) is 1.99. The molecule has 4 rings (SSSR count). The molecule has 0 saturated heterocycles. The van der Waals surface area contributed by atoms with Crippen LogP contribution in [0.4, 0.5) is 10.8 Å². The summed E-state index contributed by atoms with van der Waals surface area (Å²) in [4.78, 5) is 28.5. The van der Waals surface area contributed by atoms with E-state index >= 15 is 0 Å². The fraction of sp³-hybridized carbons (Fsp3) is 0.167. The molecule has 1 aliphatic rings. The van der Waals surface area contributed by atoms with E-state index in [0.29, 0.717) is 21.4 Å². The van der Waals surface area contributed by atoms with Crippen molar-refractivity contribution in [3.05, 3.63) is 53.1 Å². The molecule has 0 spiro atoms. The maximum atomic E-state index is 12.4. The minimum atomic E-state index is -0.245. The zero-order chi connectivity index (χ0) is 17.4. The molecule has 1 fully saturated rings. The van der Waals surface area contributed by atoms with Gasteiger partial charge in [-0.25, -0.2) is 4.98 Å². The average molecular weight is 372 g/mol. The van der Waals surface area contributed by atoms with Crippen LogP contribution < -0.4 is 10.6 Å². The van der Waals surface area contributed by atoms with Gasteiger partial charge in [-0.05, 0) is 55.3 Å². The average Bonchev–Trinajstić information content (AvgIpc) is 3.37. The molecule has 0 bridgehead atoms. The first-order valence-corrected chi connectivity index (χ1v) is 9.06. The minimum absolute atomic E-state index is 0.0466. The van der Waals surface area contributed by atoms with Crippen molar-refractivity contribution in [2.75, 3.05) is 10.6 Å². The summed E-state index contributed by atoms with van der Waals surface area (Å²) in [6.45, 7) is 0. The third kappa shape index (κ3) is 3.65. The Morgan fingerprint density at radius 1 is 1.08 bits per heavy atom. The lowest BCUT2D eigenvalue weighted by molar-refractivity contribution is -0.117. The second-order valence-corrected chi connectivity index (χ2v) is 7.39. The third-order valence-electron chi connectivity index (χ3n) is 3.93. The van der Waals surface area contributed by atoms with Crippen molar-refractivity contribution in [3.8, 4) is 0 Å². The molecule has 2 aromatic carbocycles. The number of nitrogens with one attached hydrogen (secondary N) is 2. The number of halogens is 1. The van der Waals surface area contributed by atoms with Crippen LogP contribution in [0.3, 0.4) is 0 Å². The molecule has 5 nitrogen and oxygen atoms in total. The lowest BCUT2D eigenvalue weighted by Gasteiger charge is -2.05. The number of amides is 2. The van der Waals surface area contributed by atoms with Crippen LogP contribution in [0.5, 0.6) is 0 Å². The number of fused-ring (bicyclic) bond motifs is 1. The zero-order valence-electron chi connectivity index (χ0n) is 13.1. The Kier molecular flexibility index (Phi) is 4.15. The van der Waals surface area contributed by atoms with E-state index in [1.54, 1.807) is 30.3 Å². The van der Waals surface area contributed by atoms with Crippen molar-refractivity contribution in [3.63, 3.8) is 0 Å². The van der Waals surface area contributed by atoms with Gasteiger partial charge in [-0.1, -0.05) is 22.9 Å². The zero-order valence-corrected chi connectivity index (χ0v) is 14.7. The van der Waals surface area contributed by atoms with Gasteiger partial charge in [0.1, 0.15) is 0 Å². The number of anilines is 2. The summed E-state index contributed by atoms with van der Waals surface area (Å²) >= 11 is 7.34. The van der Waals surface area contributed by atoms with E-state index in [2.05, 4.69) is 15.6 Å². The summed E-state index contributed by atoms with van der Waals surface area (Å²) < 4.78 is 0.918. The molecule has 0 aliphatic heterocycles. The molecule has 7 heteroatoms. The Labute approximate surface area is 153 Å². The summed E-state index contributed by atoms with van der Waals surface area (Å²) in [5.74, 6) is -0.0499. The summed E-state index contributed by atoms with van der Waals surface area (Å²) in [6.07, 6.45) is 1.92. The molecule has 1 aliphatic carbocycles. The second kappa shape index (κ2) is 6.46. The van der Waals surface area contributed by atoms with Gasteiger partial charge in [-0.15, -0.1) is 0 Å². The fourth-order valence-corrected chi connectivity index (χ4v) is 3.55. The molecule has 1 heterocycles. The maximum absolute atomic E-state index is 12.4. The first-order valence-electron chi connectivity index (χ1n) is 7.87. The standard InChI is InChI=1S/C18H14ClN3O2S/c19-12-5-8-14-15(9-12)25-18(21-14)22-17(24)11-3-6-13(7-4-11)20-16(23)10-1-2-10/h3-10H,1-2H2,(H,20,23)(H,21,22,24). The van der Waals surface area contributed by atoms with Crippen molar-refractivity contribution < 1.29 is 9.59 Å². The number of hydrogen-bond acceptors (Lipinski definition) is 4. The molecule has 0 atom stereocenters. The van der Waals surface area contributed by atoms with E-state index in [1.807, 2.05) is 12.1 Å². The van der Waals surface area contributed by atoms with Crippen molar-refractivity contribution in [2.45, 2.75) is 12.8 Å². The topological polar surface area (TPSA) is 71.1 Å². The van der Waals surface area contributed by atoms with Gasteiger partial charge in [-0.3, -0.25) is 14.9 Å². The van der Waals surface area contributed by atoms with Gasteiger partial charge in [-0.2, -0.15) is 0 Å². The van der Waals surface area contributed by atoms with Gasteiger partial charge in [0.25, 0.3) is 5.91 Å².